The van der Waals surface area contributed by atoms with Crippen molar-refractivity contribution in [1.82, 2.24) is 10.2 Å². The molecule has 0 heterocycles. The second-order valence-corrected chi connectivity index (χ2v) is 12.8. The quantitative estimate of drug-likeness (QED) is 0.250. The predicted octanol–water partition coefficient (Wildman–Crippen LogP) is 6.53. The molecule has 0 aliphatic carbocycles. The minimum atomic E-state index is -4.13. The van der Waals surface area contributed by atoms with Gasteiger partial charge in [0.15, 0.2) is 0 Å². The number of nitrogens with one attached hydrogen (secondary N) is 1. The molecule has 0 aromatic heterocycles. The van der Waals surface area contributed by atoms with E-state index in [4.69, 9.17) is 23.2 Å². The van der Waals surface area contributed by atoms with Crippen molar-refractivity contribution in [3.05, 3.63) is 93.5 Å². The molecular weight excluding hydrogens is 581 g/mol. The summed E-state index contributed by atoms with van der Waals surface area (Å²) in [6.45, 7) is 8.95. The lowest BCUT2D eigenvalue weighted by Crippen LogP contribution is -2.53. The molecule has 0 unspecified atom stereocenters. The zero-order valence-corrected chi connectivity index (χ0v) is 26.4. The van der Waals surface area contributed by atoms with Crippen molar-refractivity contribution in [1.29, 1.82) is 0 Å². The number of aryl methyl sites for hydroxylation is 2. The van der Waals surface area contributed by atoms with Crippen molar-refractivity contribution >= 4 is 50.7 Å². The fourth-order valence-electron chi connectivity index (χ4n) is 4.32. The van der Waals surface area contributed by atoms with Gasteiger partial charge < -0.3 is 10.2 Å². The second-order valence-electron chi connectivity index (χ2n) is 10.1. The summed E-state index contributed by atoms with van der Waals surface area (Å²) < 4.78 is 29.0. The van der Waals surface area contributed by atoms with Crippen LogP contribution in [0.25, 0.3) is 0 Å². The molecule has 3 aromatic carbocycles. The zero-order valence-electron chi connectivity index (χ0n) is 24.0. The lowest BCUT2D eigenvalue weighted by Gasteiger charge is -2.34. The summed E-state index contributed by atoms with van der Waals surface area (Å²) in [5.74, 6) is -0.858. The molecule has 0 saturated heterocycles. The maximum Gasteiger partial charge on any atom is 0.264 e. The maximum absolute atomic E-state index is 14.2. The van der Waals surface area contributed by atoms with Crippen molar-refractivity contribution in [3.63, 3.8) is 0 Å². The molecule has 3 rings (SSSR count). The summed E-state index contributed by atoms with van der Waals surface area (Å²) in [5, 5.41) is 3.74. The Morgan fingerprint density at radius 1 is 0.902 bits per heavy atom. The van der Waals surface area contributed by atoms with E-state index in [-0.39, 0.29) is 23.4 Å². The average Bonchev–Trinajstić information content (AvgIpc) is 2.94. The fraction of sp³-hybridized carbons (Fsp3) is 0.355. The van der Waals surface area contributed by atoms with Crippen LogP contribution >= 0.6 is 23.2 Å². The van der Waals surface area contributed by atoms with E-state index in [0.717, 1.165) is 21.9 Å². The van der Waals surface area contributed by atoms with Crippen LogP contribution in [-0.2, 0) is 26.2 Å². The number of anilines is 1. The fourth-order valence-corrected chi connectivity index (χ4v) is 6.22. The number of hydrogen-bond donors (Lipinski definition) is 1. The number of rotatable bonds is 12. The number of nitrogens with zero attached hydrogens (tertiary/aromatic N) is 2. The van der Waals surface area contributed by atoms with Gasteiger partial charge in [0.1, 0.15) is 12.6 Å². The van der Waals surface area contributed by atoms with Crippen LogP contribution in [0.1, 0.15) is 50.3 Å². The van der Waals surface area contributed by atoms with Crippen LogP contribution in [0.5, 0.6) is 0 Å². The predicted molar refractivity (Wildman–Crippen MR) is 166 cm³/mol. The molecule has 2 atom stereocenters. The Morgan fingerprint density at radius 3 is 2.17 bits per heavy atom. The molecule has 41 heavy (non-hydrogen) atoms. The maximum atomic E-state index is 14.2. The Labute approximate surface area is 253 Å². The van der Waals surface area contributed by atoms with Gasteiger partial charge in [0.05, 0.1) is 10.6 Å². The van der Waals surface area contributed by atoms with Gasteiger partial charge in [-0.25, -0.2) is 8.42 Å². The highest BCUT2D eigenvalue weighted by molar-refractivity contribution is 7.92. The molecule has 0 aliphatic rings. The third kappa shape index (κ3) is 8.03. The Kier molecular flexibility index (Phi) is 11.2. The summed E-state index contributed by atoms with van der Waals surface area (Å²) >= 11 is 12.6. The molecule has 2 amide bonds. The van der Waals surface area contributed by atoms with E-state index in [0.29, 0.717) is 27.7 Å². The minimum Gasteiger partial charge on any atom is -0.352 e. The van der Waals surface area contributed by atoms with Crippen LogP contribution in [0.15, 0.2) is 71.6 Å². The molecule has 3 aromatic rings. The van der Waals surface area contributed by atoms with Crippen molar-refractivity contribution < 1.29 is 18.0 Å². The van der Waals surface area contributed by atoms with Crippen LogP contribution < -0.4 is 9.62 Å². The van der Waals surface area contributed by atoms with Gasteiger partial charge in [-0.3, -0.25) is 13.9 Å². The van der Waals surface area contributed by atoms with Crippen molar-refractivity contribution in [2.75, 3.05) is 10.8 Å². The van der Waals surface area contributed by atoms with E-state index in [1.54, 1.807) is 48.5 Å². The van der Waals surface area contributed by atoms with Crippen LogP contribution in [0.2, 0.25) is 10.0 Å². The summed E-state index contributed by atoms with van der Waals surface area (Å²) in [5.41, 5.74) is 2.81. The van der Waals surface area contributed by atoms with Gasteiger partial charge in [0.2, 0.25) is 11.8 Å². The standard InChI is InChI=1S/C31H37Cl2N3O4S/c1-6-23(5)34-31(38)29(7-2)35(19-24-14-15-25(32)18-28(24)33)30(37)20-36(26-16-13-21(3)22(4)17-26)41(39,40)27-11-9-8-10-12-27/h8-18,23,29H,6-7,19-20H2,1-5H3,(H,34,38)/t23-,29+/m0/s1. The third-order valence-electron chi connectivity index (χ3n) is 7.13. The minimum absolute atomic E-state index is 0.00653. The number of carbonyl (C=O) groups excluding carboxylic acids is 2. The van der Waals surface area contributed by atoms with Crippen LogP contribution in [0.4, 0.5) is 5.69 Å². The van der Waals surface area contributed by atoms with Crippen molar-refractivity contribution in [2.45, 2.75) is 71.0 Å². The first-order valence-electron chi connectivity index (χ1n) is 13.6. The summed E-state index contributed by atoms with van der Waals surface area (Å²) in [6, 6.07) is 17.2. The first kappa shape index (κ1) is 32.4. The summed E-state index contributed by atoms with van der Waals surface area (Å²) in [7, 11) is -4.13. The van der Waals surface area contributed by atoms with Crippen molar-refractivity contribution in [2.24, 2.45) is 0 Å². The Morgan fingerprint density at radius 2 is 1.59 bits per heavy atom. The average molecular weight is 619 g/mol. The Hall–Kier alpha value is -3.07. The van der Waals surface area contributed by atoms with Gasteiger partial charge in [-0.2, -0.15) is 0 Å². The molecule has 220 valence electrons. The first-order chi connectivity index (χ1) is 19.4. The molecule has 0 fully saturated rings. The number of amides is 2. The van der Waals surface area contributed by atoms with E-state index in [1.807, 2.05) is 40.7 Å². The van der Waals surface area contributed by atoms with Gasteiger partial charge in [0, 0.05) is 22.6 Å². The Balaban J connectivity index is 2.10. The van der Waals surface area contributed by atoms with E-state index >= 15 is 0 Å². The van der Waals surface area contributed by atoms with Crippen LogP contribution in [-0.4, -0.2) is 43.8 Å². The van der Waals surface area contributed by atoms with Crippen LogP contribution in [0, 0.1) is 13.8 Å². The second kappa shape index (κ2) is 14.2. The molecule has 0 radical (unpaired) electrons. The summed E-state index contributed by atoms with van der Waals surface area (Å²) in [4.78, 5) is 29.0. The van der Waals surface area contributed by atoms with Gasteiger partial charge in [-0.05, 0) is 86.7 Å². The molecule has 0 saturated carbocycles. The normalized spacial score (nSPS) is 12.9. The zero-order chi connectivity index (χ0) is 30.3. The van der Waals surface area contributed by atoms with E-state index < -0.39 is 28.5 Å². The van der Waals surface area contributed by atoms with Crippen molar-refractivity contribution in [3.8, 4) is 0 Å². The first-order valence-corrected chi connectivity index (χ1v) is 15.8. The monoisotopic (exact) mass is 617 g/mol. The largest absolute Gasteiger partial charge is 0.352 e. The summed E-state index contributed by atoms with van der Waals surface area (Å²) in [6.07, 6.45) is 1.03. The highest BCUT2D eigenvalue weighted by atomic mass is 35.5. The van der Waals surface area contributed by atoms with Gasteiger partial charge in [0.25, 0.3) is 10.0 Å². The van der Waals surface area contributed by atoms with Gasteiger partial charge in [-0.15, -0.1) is 0 Å². The van der Waals surface area contributed by atoms with Gasteiger partial charge in [-0.1, -0.05) is 67.4 Å². The topological polar surface area (TPSA) is 86.8 Å². The smallest absolute Gasteiger partial charge is 0.264 e. The molecular formula is C31H37Cl2N3O4S. The van der Waals surface area contributed by atoms with E-state index in [2.05, 4.69) is 5.32 Å². The number of hydrogen-bond acceptors (Lipinski definition) is 4. The highest BCUT2D eigenvalue weighted by Gasteiger charge is 2.34. The Bertz CT molecular complexity index is 1480. The van der Waals surface area contributed by atoms with E-state index in [1.165, 1.54) is 17.0 Å². The van der Waals surface area contributed by atoms with Gasteiger partial charge >= 0.3 is 0 Å². The molecule has 10 heteroatoms. The molecule has 0 bridgehead atoms. The lowest BCUT2D eigenvalue weighted by molar-refractivity contribution is -0.140. The highest BCUT2D eigenvalue weighted by Crippen LogP contribution is 2.28. The number of carbonyl (C=O) groups is 2. The SMILES string of the molecule is CC[C@H](C(=O)N[C@@H](C)CC)N(Cc1ccc(Cl)cc1Cl)C(=O)CN(c1ccc(C)c(C)c1)S(=O)(=O)c1ccccc1. The molecule has 0 aliphatic heterocycles. The lowest BCUT2D eigenvalue weighted by atomic mass is 10.1. The van der Waals surface area contributed by atoms with E-state index in [9.17, 15) is 18.0 Å². The number of halogens is 2. The molecule has 0 spiro atoms. The third-order valence-corrected chi connectivity index (χ3v) is 9.51. The number of sulfonamides is 1. The van der Waals surface area contributed by atoms with Crippen LogP contribution in [0.3, 0.4) is 0 Å². The number of benzene rings is 3. The molecule has 7 nitrogen and oxygen atoms in total. The molecule has 1 N–H and O–H groups in total.